The first-order valence-electron chi connectivity index (χ1n) is 11.2. The summed E-state index contributed by atoms with van der Waals surface area (Å²) in [4.78, 5) is 4.83. The molecule has 0 aromatic carbocycles. The molecule has 0 unspecified atom stereocenters. The van der Waals surface area contributed by atoms with Gasteiger partial charge in [-0.2, -0.15) is 0 Å². The van der Waals surface area contributed by atoms with Crippen molar-refractivity contribution in [1.29, 1.82) is 0 Å². The summed E-state index contributed by atoms with van der Waals surface area (Å²) >= 11 is 5.98. The molecule has 1 aliphatic rings. The van der Waals surface area contributed by atoms with Gasteiger partial charge in [0.15, 0.2) is 0 Å². The maximum absolute atomic E-state index is 6.03. The molecule has 0 atom stereocenters. The maximum Gasteiger partial charge on any atom is 0.0433 e. The SMILES string of the molecule is CC/C(C1=CC(CCC(C)(C)CC)=NCC1)=C(CCN)\C(=C/CCCl)C(C)C. The fourth-order valence-electron chi connectivity index (χ4n) is 3.84. The van der Waals surface area contributed by atoms with E-state index in [1.807, 2.05) is 0 Å². The van der Waals surface area contributed by atoms with E-state index in [1.54, 1.807) is 0 Å². The number of hydrogen-bond acceptors (Lipinski definition) is 2. The van der Waals surface area contributed by atoms with Crippen LogP contribution in [-0.2, 0) is 0 Å². The van der Waals surface area contributed by atoms with Gasteiger partial charge >= 0.3 is 0 Å². The zero-order valence-electron chi connectivity index (χ0n) is 19.2. The van der Waals surface area contributed by atoms with Crippen molar-refractivity contribution in [3.8, 4) is 0 Å². The van der Waals surface area contributed by atoms with Gasteiger partial charge in [-0.1, -0.05) is 54.0 Å². The topological polar surface area (TPSA) is 38.4 Å². The van der Waals surface area contributed by atoms with Crippen LogP contribution in [0.2, 0.25) is 0 Å². The van der Waals surface area contributed by atoms with Gasteiger partial charge in [0.2, 0.25) is 0 Å². The molecule has 1 heterocycles. The van der Waals surface area contributed by atoms with Gasteiger partial charge in [-0.25, -0.2) is 0 Å². The molecule has 0 radical (unpaired) electrons. The van der Waals surface area contributed by atoms with Crippen LogP contribution in [0.3, 0.4) is 0 Å². The highest BCUT2D eigenvalue weighted by Crippen LogP contribution is 2.34. The molecule has 2 nitrogen and oxygen atoms in total. The summed E-state index contributed by atoms with van der Waals surface area (Å²) in [6.45, 7) is 15.4. The lowest BCUT2D eigenvalue weighted by atomic mass is 9.82. The lowest BCUT2D eigenvalue weighted by Crippen LogP contribution is -2.15. The Morgan fingerprint density at radius 1 is 1.32 bits per heavy atom. The van der Waals surface area contributed by atoms with E-state index in [9.17, 15) is 0 Å². The number of hydrogen-bond donors (Lipinski definition) is 1. The van der Waals surface area contributed by atoms with Crippen LogP contribution in [0.5, 0.6) is 0 Å². The van der Waals surface area contributed by atoms with E-state index in [2.05, 4.69) is 53.7 Å². The minimum Gasteiger partial charge on any atom is -0.330 e. The molecule has 0 aromatic heterocycles. The molecule has 0 saturated carbocycles. The predicted molar refractivity (Wildman–Crippen MR) is 128 cm³/mol. The Morgan fingerprint density at radius 2 is 2.04 bits per heavy atom. The first-order chi connectivity index (χ1) is 13.3. The van der Waals surface area contributed by atoms with Crippen LogP contribution in [0.25, 0.3) is 0 Å². The minimum absolute atomic E-state index is 0.386. The van der Waals surface area contributed by atoms with Crippen LogP contribution in [0.15, 0.2) is 39.4 Å². The van der Waals surface area contributed by atoms with E-state index < -0.39 is 0 Å². The summed E-state index contributed by atoms with van der Waals surface area (Å²) in [6.07, 6.45) is 12.1. The number of nitrogens with zero attached hydrogens (tertiary/aromatic N) is 1. The first kappa shape index (κ1) is 25.2. The second kappa shape index (κ2) is 12.6. The smallest absolute Gasteiger partial charge is 0.0433 e. The van der Waals surface area contributed by atoms with Crippen LogP contribution >= 0.6 is 11.6 Å². The molecule has 0 amide bonds. The number of alkyl halides is 1. The van der Waals surface area contributed by atoms with Crippen molar-refractivity contribution in [2.24, 2.45) is 22.1 Å². The summed E-state index contributed by atoms with van der Waals surface area (Å²) in [5.41, 5.74) is 13.5. The lowest BCUT2D eigenvalue weighted by Gasteiger charge is -2.25. The summed E-state index contributed by atoms with van der Waals surface area (Å²) in [6, 6.07) is 0. The number of halogens is 1. The second-order valence-corrected chi connectivity index (χ2v) is 9.33. The van der Waals surface area contributed by atoms with Crippen molar-refractivity contribution in [1.82, 2.24) is 0 Å². The molecule has 1 aliphatic heterocycles. The molecule has 3 heteroatoms. The highest BCUT2D eigenvalue weighted by Gasteiger charge is 2.20. The number of allylic oxidation sites excluding steroid dienone is 4. The fraction of sp³-hybridized carbons (Fsp3) is 0.720. The largest absolute Gasteiger partial charge is 0.330 e. The van der Waals surface area contributed by atoms with E-state index in [1.165, 1.54) is 40.8 Å². The standard InChI is InChI=1S/C25H43ClN2/c1-7-22(24(12-16-27)23(19(3)4)10-9-15-26)20-13-17-28-21(18-20)11-14-25(5,6)8-2/h10,18-19H,7-9,11-17,27H2,1-6H3/b23-10-,24-22+. The molecule has 28 heavy (non-hydrogen) atoms. The van der Waals surface area contributed by atoms with Gasteiger partial charge in [0, 0.05) is 18.1 Å². The third-order valence-corrected chi connectivity index (χ3v) is 6.21. The van der Waals surface area contributed by atoms with E-state index in [-0.39, 0.29) is 0 Å². The first-order valence-corrected chi connectivity index (χ1v) is 11.8. The molecule has 0 spiro atoms. The van der Waals surface area contributed by atoms with Crippen LogP contribution in [0, 0.1) is 11.3 Å². The van der Waals surface area contributed by atoms with Crippen molar-refractivity contribution < 1.29 is 0 Å². The molecule has 0 aliphatic carbocycles. The van der Waals surface area contributed by atoms with E-state index in [0.29, 0.717) is 23.8 Å². The molecule has 0 bridgehead atoms. The van der Waals surface area contributed by atoms with Crippen LogP contribution < -0.4 is 5.73 Å². The molecule has 0 fully saturated rings. The number of aliphatic imine (C=N–C) groups is 1. The Hall–Kier alpha value is -0.860. The number of rotatable bonds is 12. The Labute approximate surface area is 179 Å². The summed E-state index contributed by atoms with van der Waals surface area (Å²) in [5.74, 6) is 1.15. The monoisotopic (exact) mass is 406 g/mol. The van der Waals surface area contributed by atoms with Gasteiger partial charge in [0.25, 0.3) is 0 Å². The van der Waals surface area contributed by atoms with Gasteiger partial charge in [0.1, 0.15) is 0 Å². The Kier molecular flexibility index (Phi) is 11.4. The van der Waals surface area contributed by atoms with Crippen LogP contribution in [0.1, 0.15) is 86.5 Å². The molecule has 1 rings (SSSR count). The van der Waals surface area contributed by atoms with Crippen molar-refractivity contribution in [2.75, 3.05) is 19.0 Å². The van der Waals surface area contributed by atoms with Crippen molar-refractivity contribution in [3.63, 3.8) is 0 Å². The normalized spacial score (nSPS) is 16.8. The average Bonchev–Trinajstić information content (AvgIpc) is 2.67. The highest BCUT2D eigenvalue weighted by atomic mass is 35.5. The Bertz CT molecular complexity index is 606. The zero-order valence-corrected chi connectivity index (χ0v) is 20.0. The Balaban J connectivity index is 3.25. The van der Waals surface area contributed by atoms with Gasteiger partial charge < -0.3 is 5.73 Å². The van der Waals surface area contributed by atoms with Gasteiger partial charge in [-0.3, -0.25) is 4.99 Å². The highest BCUT2D eigenvalue weighted by molar-refractivity contribution is 6.17. The van der Waals surface area contributed by atoms with Gasteiger partial charge in [-0.05, 0) is 84.8 Å². The zero-order chi connectivity index (χ0) is 21.2. The molecule has 160 valence electrons. The van der Waals surface area contributed by atoms with Crippen molar-refractivity contribution in [2.45, 2.75) is 86.5 Å². The molecular formula is C25H43ClN2. The molecular weight excluding hydrogens is 364 g/mol. The number of dihydropyridines is 1. The third-order valence-electron chi connectivity index (χ3n) is 6.00. The minimum atomic E-state index is 0.386. The van der Waals surface area contributed by atoms with Crippen molar-refractivity contribution >= 4 is 17.3 Å². The fourth-order valence-corrected chi connectivity index (χ4v) is 3.95. The quantitative estimate of drug-likeness (QED) is 0.269. The molecule has 0 saturated heterocycles. The summed E-state index contributed by atoms with van der Waals surface area (Å²) in [5, 5.41) is 0. The van der Waals surface area contributed by atoms with E-state index >= 15 is 0 Å². The van der Waals surface area contributed by atoms with E-state index in [0.717, 1.165) is 38.6 Å². The van der Waals surface area contributed by atoms with Crippen LogP contribution in [-0.4, -0.2) is 24.7 Å². The second-order valence-electron chi connectivity index (χ2n) is 8.95. The number of nitrogens with two attached hydrogens (primary N) is 1. The maximum atomic E-state index is 6.03. The molecule has 0 aromatic rings. The lowest BCUT2D eigenvalue weighted by molar-refractivity contribution is 0.329. The van der Waals surface area contributed by atoms with E-state index in [4.69, 9.17) is 22.3 Å². The van der Waals surface area contributed by atoms with Crippen molar-refractivity contribution in [3.05, 3.63) is 34.4 Å². The summed E-state index contributed by atoms with van der Waals surface area (Å²) in [7, 11) is 0. The third kappa shape index (κ3) is 7.87. The summed E-state index contributed by atoms with van der Waals surface area (Å²) < 4.78 is 0. The Morgan fingerprint density at radius 3 is 2.57 bits per heavy atom. The van der Waals surface area contributed by atoms with Gasteiger partial charge in [0.05, 0.1) is 0 Å². The van der Waals surface area contributed by atoms with Gasteiger partial charge in [-0.15, -0.1) is 11.6 Å². The molecule has 2 N–H and O–H groups in total. The average molecular weight is 407 g/mol. The van der Waals surface area contributed by atoms with Crippen LogP contribution in [0.4, 0.5) is 0 Å². The predicted octanol–water partition coefficient (Wildman–Crippen LogP) is 7.24.